The van der Waals surface area contributed by atoms with Gasteiger partial charge in [0.05, 0.1) is 5.51 Å². The summed E-state index contributed by atoms with van der Waals surface area (Å²) in [5.74, 6) is -0.314. The van der Waals surface area contributed by atoms with Crippen LogP contribution in [0.25, 0.3) is 11.3 Å². The fraction of sp³-hybridized carbons (Fsp3) is 0. The fourth-order valence-electron chi connectivity index (χ4n) is 1.14. The second kappa shape index (κ2) is 3.67. The van der Waals surface area contributed by atoms with Gasteiger partial charge in [0, 0.05) is 10.0 Å². The number of benzene rings is 1. The summed E-state index contributed by atoms with van der Waals surface area (Å²) < 4.78 is 14.2. The standard InChI is InChI=1S/C9H6BrFN2S/c10-5-1-2-7(11)6(3-5)8-9(12)14-4-13-8/h1-4H,12H2. The van der Waals surface area contributed by atoms with E-state index in [4.69, 9.17) is 5.73 Å². The van der Waals surface area contributed by atoms with Crippen LogP contribution >= 0.6 is 27.3 Å². The van der Waals surface area contributed by atoms with E-state index >= 15 is 0 Å². The van der Waals surface area contributed by atoms with Gasteiger partial charge in [0.15, 0.2) is 0 Å². The molecule has 2 rings (SSSR count). The molecule has 0 radical (unpaired) electrons. The van der Waals surface area contributed by atoms with Gasteiger partial charge in [0.25, 0.3) is 0 Å². The van der Waals surface area contributed by atoms with E-state index < -0.39 is 0 Å². The van der Waals surface area contributed by atoms with Crippen molar-refractivity contribution < 1.29 is 4.39 Å². The smallest absolute Gasteiger partial charge is 0.132 e. The van der Waals surface area contributed by atoms with Gasteiger partial charge < -0.3 is 5.73 Å². The lowest BCUT2D eigenvalue weighted by molar-refractivity contribution is 0.630. The van der Waals surface area contributed by atoms with E-state index in [2.05, 4.69) is 20.9 Å². The number of nitrogens with two attached hydrogens (primary N) is 1. The minimum absolute atomic E-state index is 0.314. The zero-order valence-corrected chi connectivity index (χ0v) is 9.40. The van der Waals surface area contributed by atoms with Crippen molar-refractivity contribution in [1.29, 1.82) is 0 Å². The molecule has 0 unspecified atom stereocenters. The lowest BCUT2D eigenvalue weighted by atomic mass is 10.1. The van der Waals surface area contributed by atoms with E-state index in [1.54, 1.807) is 17.6 Å². The molecule has 0 saturated carbocycles. The predicted octanol–water partition coefficient (Wildman–Crippen LogP) is 3.29. The maximum absolute atomic E-state index is 13.4. The Labute approximate surface area is 92.7 Å². The second-order valence-electron chi connectivity index (χ2n) is 2.69. The van der Waals surface area contributed by atoms with Crippen LogP contribution < -0.4 is 5.73 Å². The molecule has 0 amide bonds. The van der Waals surface area contributed by atoms with Gasteiger partial charge in [-0.2, -0.15) is 0 Å². The third-order valence-corrected chi connectivity index (χ3v) is 2.93. The van der Waals surface area contributed by atoms with Crippen LogP contribution in [0.1, 0.15) is 0 Å². The van der Waals surface area contributed by atoms with Crippen LogP contribution in [0.5, 0.6) is 0 Å². The third kappa shape index (κ3) is 1.65. The van der Waals surface area contributed by atoms with Crippen LogP contribution in [0.3, 0.4) is 0 Å². The second-order valence-corrected chi connectivity index (χ2v) is 4.49. The summed E-state index contributed by atoms with van der Waals surface area (Å²) >= 11 is 4.57. The molecule has 2 nitrogen and oxygen atoms in total. The van der Waals surface area contributed by atoms with Crippen LogP contribution in [0.15, 0.2) is 28.2 Å². The maximum Gasteiger partial charge on any atom is 0.132 e. The van der Waals surface area contributed by atoms with E-state index in [1.807, 2.05) is 0 Å². The summed E-state index contributed by atoms with van der Waals surface area (Å²) in [6.07, 6.45) is 0. The molecule has 0 aliphatic heterocycles. The van der Waals surface area contributed by atoms with Crippen LogP contribution in [-0.4, -0.2) is 4.98 Å². The van der Waals surface area contributed by atoms with Gasteiger partial charge >= 0.3 is 0 Å². The number of rotatable bonds is 1. The van der Waals surface area contributed by atoms with E-state index in [9.17, 15) is 4.39 Å². The van der Waals surface area contributed by atoms with Crippen molar-refractivity contribution in [3.63, 3.8) is 0 Å². The molecular formula is C9H6BrFN2S. The molecule has 1 aromatic heterocycles. The number of halogens is 2. The topological polar surface area (TPSA) is 38.9 Å². The van der Waals surface area contributed by atoms with Crippen molar-refractivity contribution in [2.75, 3.05) is 5.73 Å². The van der Waals surface area contributed by atoms with Gasteiger partial charge in [0.1, 0.15) is 16.5 Å². The Bertz CT molecular complexity index is 470. The molecule has 1 heterocycles. The molecule has 0 bridgehead atoms. The number of anilines is 1. The van der Waals surface area contributed by atoms with E-state index in [-0.39, 0.29) is 5.82 Å². The Morgan fingerprint density at radius 2 is 2.21 bits per heavy atom. The van der Waals surface area contributed by atoms with Crippen molar-refractivity contribution in [3.05, 3.63) is 34.0 Å². The fourth-order valence-corrected chi connectivity index (χ4v) is 2.04. The highest BCUT2D eigenvalue weighted by Gasteiger charge is 2.11. The summed E-state index contributed by atoms with van der Waals surface area (Å²) in [6.45, 7) is 0. The zero-order valence-electron chi connectivity index (χ0n) is 7.00. The third-order valence-electron chi connectivity index (χ3n) is 1.78. The SMILES string of the molecule is Nc1scnc1-c1cc(Br)ccc1F. The molecule has 0 saturated heterocycles. The van der Waals surface area contributed by atoms with Gasteiger partial charge in [-0.25, -0.2) is 9.37 Å². The van der Waals surface area contributed by atoms with Crippen LogP contribution in [-0.2, 0) is 0 Å². The molecular weight excluding hydrogens is 267 g/mol. The number of thiazole rings is 1. The van der Waals surface area contributed by atoms with E-state index in [0.29, 0.717) is 16.3 Å². The Hall–Kier alpha value is -0.940. The molecule has 0 aliphatic carbocycles. The van der Waals surface area contributed by atoms with Crippen molar-refractivity contribution in [3.8, 4) is 11.3 Å². The van der Waals surface area contributed by atoms with Crippen molar-refractivity contribution in [1.82, 2.24) is 4.98 Å². The number of nitrogens with zero attached hydrogens (tertiary/aromatic N) is 1. The lowest BCUT2D eigenvalue weighted by Crippen LogP contribution is -1.89. The predicted molar refractivity (Wildman–Crippen MR) is 59.6 cm³/mol. The van der Waals surface area contributed by atoms with Crippen molar-refractivity contribution in [2.24, 2.45) is 0 Å². The average molecular weight is 273 g/mol. The normalized spacial score (nSPS) is 10.4. The van der Waals surface area contributed by atoms with Gasteiger partial charge in [-0.05, 0) is 18.2 Å². The Balaban J connectivity index is 2.62. The quantitative estimate of drug-likeness (QED) is 0.865. The lowest BCUT2D eigenvalue weighted by Gasteiger charge is -2.01. The minimum Gasteiger partial charge on any atom is -0.389 e. The summed E-state index contributed by atoms with van der Waals surface area (Å²) in [6, 6.07) is 4.69. The summed E-state index contributed by atoms with van der Waals surface area (Å²) in [4.78, 5) is 4.02. The zero-order chi connectivity index (χ0) is 10.1. The molecule has 1 aromatic carbocycles. The Morgan fingerprint density at radius 3 is 2.86 bits per heavy atom. The molecule has 5 heteroatoms. The molecule has 0 aliphatic rings. The summed E-state index contributed by atoms with van der Waals surface area (Å²) in [7, 11) is 0. The number of hydrogen-bond donors (Lipinski definition) is 1. The van der Waals surface area contributed by atoms with Crippen molar-refractivity contribution >= 4 is 32.3 Å². The maximum atomic E-state index is 13.4. The first-order valence-corrected chi connectivity index (χ1v) is 5.50. The molecule has 14 heavy (non-hydrogen) atoms. The first-order valence-electron chi connectivity index (χ1n) is 3.83. The van der Waals surface area contributed by atoms with Gasteiger partial charge in [-0.15, -0.1) is 11.3 Å². The average Bonchev–Trinajstić information content (AvgIpc) is 2.56. The molecule has 2 N–H and O–H groups in total. The summed E-state index contributed by atoms with van der Waals surface area (Å²) in [5, 5.41) is 0.530. The highest BCUT2D eigenvalue weighted by molar-refractivity contribution is 9.10. The minimum atomic E-state index is -0.314. The Kier molecular flexibility index (Phi) is 2.52. The van der Waals surface area contributed by atoms with Gasteiger partial charge in [-0.1, -0.05) is 15.9 Å². The van der Waals surface area contributed by atoms with E-state index in [0.717, 1.165) is 4.47 Å². The number of aromatic nitrogens is 1. The largest absolute Gasteiger partial charge is 0.389 e. The van der Waals surface area contributed by atoms with Crippen molar-refractivity contribution in [2.45, 2.75) is 0 Å². The number of hydrogen-bond acceptors (Lipinski definition) is 3. The first-order chi connectivity index (χ1) is 6.68. The monoisotopic (exact) mass is 272 g/mol. The molecule has 2 aromatic rings. The van der Waals surface area contributed by atoms with E-state index in [1.165, 1.54) is 17.4 Å². The molecule has 0 atom stereocenters. The molecule has 0 fully saturated rings. The van der Waals surface area contributed by atoms with Crippen LogP contribution in [0, 0.1) is 5.82 Å². The van der Waals surface area contributed by atoms with Gasteiger partial charge in [-0.3, -0.25) is 0 Å². The van der Waals surface area contributed by atoms with Gasteiger partial charge in [0.2, 0.25) is 0 Å². The molecule has 72 valence electrons. The Morgan fingerprint density at radius 1 is 1.43 bits per heavy atom. The molecule has 0 spiro atoms. The van der Waals surface area contributed by atoms with Crippen LogP contribution in [0.4, 0.5) is 9.39 Å². The number of nitrogen functional groups attached to an aromatic ring is 1. The first kappa shape index (κ1) is 9.61. The highest BCUT2D eigenvalue weighted by atomic mass is 79.9. The highest BCUT2D eigenvalue weighted by Crippen LogP contribution is 2.31. The van der Waals surface area contributed by atoms with Crippen LogP contribution in [0.2, 0.25) is 0 Å². The summed E-state index contributed by atoms with van der Waals surface area (Å²) in [5.41, 5.74) is 8.20.